The maximum Gasteiger partial charge on any atom is 0.318 e. The molecule has 1 atom stereocenters. The molecule has 0 bridgehead atoms. The standard InChI is InChI=1S/C14H13N3O3/c1-9(18)12-6-10(4-5-17-12)14(2,13(19)20-3)11(7-15)8-16/h4-6,11H,1-3H3. The van der Waals surface area contributed by atoms with Crippen LogP contribution >= 0.6 is 0 Å². The fraction of sp³-hybridized carbons (Fsp3) is 0.357. The molecule has 0 radical (unpaired) electrons. The van der Waals surface area contributed by atoms with Gasteiger partial charge in [-0.3, -0.25) is 14.6 Å². The lowest BCUT2D eigenvalue weighted by molar-refractivity contribution is -0.147. The van der Waals surface area contributed by atoms with Gasteiger partial charge in [0, 0.05) is 13.1 Å². The third-order valence-corrected chi connectivity index (χ3v) is 3.17. The van der Waals surface area contributed by atoms with Crippen molar-refractivity contribution >= 4 is 11.8 Å². The zero-order valence-electron chi connectivity index (χ0n) is 11.4. The third-order valence-electron chi connectivity index (χ3n) is 3.17. The molecule has 1 aromatic heterocycles. The van der Waals surface area contributed by atoms with E-state index in [-0.39, 0.29) is 11.5 Å². The second kappa shape index (κ2) is 5.94. The van der Waals surface area contributed by atoms with Crippen molar-refractivity contribution in [1.29, 1.82) is 10.5 Å². The van der Waals surface area contributed by atoms with Crippen LogP contribution in [0.1, 0.15) is 29.9 Å². The number of aromatic nitrogens is 1. The highest BCUT2D eigenvalue weighted by atomic mass is 16.5. The quantitative estimate of drug-likeness (QED) is 0.605. The average Bonchev–Trinajstić information content (AvgIpc) is 2.47. The Labute approximate surface area is 116 Å². The Hall–Kier alpha value is -2.73. The Morgan fingerprint density at radius 1 is 1.40 bits per heavy atom. The first-order valence-electron chi connectivity index (χ1n) is 5.77. The van der Waals surface area contributed by atoms with Gasteiger partial charge in [-0.15, -0.1) is 0 Å². The summed E-state index contributed by atoms with van der Waals surface area (Å²) in [5.41, 5.74) is -0.976. The maximum atomic E-state index is 12.0. The topological polar surface area (TPSA) is 104 Å². The highest BCUT2D eigenvalue weighted by Gasteiger charge is 2.45. The largest absolute Gasteiger partial charge is 0.468 e. The van der Waals surface area contributed by atoms with Crippen LogP contribution in [-0.4, -0.2) is 23.8 Å². The molecular formula is C14H13N3O3. The monoisotopic (exact) mass is 271 g/mol. The van der Waals surface area contributed by atoms with E-state index in [0.717, 1.165) is 0 Å². The van der Waals surface area contributed by atoms with Gasteiger partial charge >= 0.3 is 5.97 Å². The van der Waals surface area contributed by atoms with Crippen molar-refractivity contribution in [2.24, 2.45) is 5.92 Å². The lowest BCUT2D eigenvalue weighted by atomic mass is 9.73. The van der Waals surface area contributed by atoms with Crippen molar-refractivity contribution in [3.63, 3.8) is 0 Å². The average molecular weight is 271 g/mol. The van der Waals surface area contributed by atoms with Crippen molar-refractivity contribution in [1.82, 2.24) is 4.98 Å². The van der Waals surface area contributed by atoms with E-state index in [0.29, 0.717) is 5.56 Å². The molecule has 20 heavy (non-hydrogen) atoms. The van der Waals surface area contributed by atoms with E-state index in [1.807, 2.05) is 0 Å². The minimum absolute atomic E-state index is 0.159. The molecule has 0 saturated heterocycles. The van der Waals surface area contributed by atoms with Crippen LogP contribution in [0.3, 0.4) is 0 Å². The van der Waals surface area contributed by atoms with Gasteiger partial charge in [0.15, 0.2) is 11.7 Å². The summed E-state index contributed by atoms with van der Waals surface area (Å²) in [6.45, 7) is 2.78. The molecule has 1 aromatic rings. The van der Waals surface area contributed by atoms with Gasteiger partial charge in [0.1, 0.15) is 11.1 Å². The fourth-order valence-corrected chi connectivity index (χ4v) is 1.85. The van der Waals surface area contributed by atoms with Gasteiger partial charge in [0.2, 0.25) is 0 Å². The summed E-state index contributed by atoms with van der Waals surface area (Å²) in [4.78, 5) is 27.3. The summed E-state index contributed by atoms with van der Waals surface area (Å²) in [6.07, 6.45) is 1.36. The Morgan fingerprint density at radius 2 is 2.00 bits per heavy atom. The highest BCUT2D eigenvalue weighted by molar-refractivity contribution is 5.93. The summed E-state index contributed by atoms with van der Waals surface area (Å²) in [5, 5.41) is 18.2. The number of ketones is 1. The van der Waals surface area contributed by atoms with E-state index in [9.17, 15) is 9.59 Å². The molecule has 6 heteroatoms. The Balaban J connectivity index is 3.51. The minimum atomic E-state index is -1.48. The van der Waals surface area contributed by atoms with E-state index < -0.39 is 17.3 Å². The van der Waals surface area contributed by atoms with Gasteiger partial charge in [0.05, 0.1) is 19.2 Å². The molecule has 0 amide bonds. The van der Waals surface area contributed by atoms with Crippen molar-refractivity contribution in [3.8, 4) is 12.1 Å². The number of ether oxygens (including phenoxy) is 1. The summed E-state index contributed by atoms with van der Waals surface area (Å²) in [7, 11) is 1.18. The smallest absolute Gasteiger partial charge is 0.318 e. The number of Topliss-reactive ketones (excluding diaryl/α,β-unsaturated/α-hetero) is 1. The predicted molar refractivity (Wildman–Crippen MR) is 68.3 cm³/mol. The van der Waals surface area contributed by atoms with Crippen LogP contribution < -0.4 is 0 Å². The number of carbonyl (C=O) groups is 2. The predicted octanol–water partition coefficient (Wildman–Crippen LogP) is 1.38. The molecule has 102 valence electrons. The number of carbonyl (C=O) groups excluding carboxylic acids is 2. The van der Waals surface area contributed by atoms with Crippen molar-refractivity contribution in [2.75, 3.05) is 7.11 Å². The number of nitrogens with zero attached hydrogens (tertiary/aromatic N) is 3. The van der Waals surface area contributed by atoms with E-state index in [4.69, 9.17) is 15.3 Å². The summed E-state index contributed by atoms with van der Waals surface area (Å²) >= 11 is 0. The van der Waals surface area contributed by atoms with Crippen LogP contribution in [0, 0.1) is 28.6 Å². The first-order valence-corrected chi connectivity index (χ1v) is 5.77. The normalized spacial score (nSPS) is 12.9. The number of hydrogen-bond acceptors (Lipinski definition) is 6. The summed E-state index contributed by atoms with van der Waals surface area (Å²) in [5.74, 6) is -2.23. The zero-order chi connectivity index (χ0) is 15.3. The van der Waals surface area contributed by atoms with Gasteiger partial charge in [-0.25, -0.2) is 0 Å². The molecule has 0 saturated carbocycles. The van der Waals surface area contributed by atoms with Gasteiger partial charge in [-0.2, -0.15) is 10.5 Å². The van der Waals surface area contributed by atoms with Gasteiger partial charge in [0.25, 0.3) is 0 Å². The second-order valence-electron chi connectivity index (χ2n) is 4.37. The van der Waals surface area contributed by atoms with E-state index in [1.165, 1.54) is 39.3 Å². The second-order valence-corrected chi connectivity index (χ2v) is 4.37. The Bertz CT molecular complexity index is 613. The molecular weight excluding hydrogens is 258 g/mol. The van der Waals surface area contributed by atoms with Crippen LogP contribution in [0.25, 0.3) is 0 Å². The summed E-state index contributed by atoms with van der Waals surface area (Å²) < 4.78 is 4.71. The van der Waals surface area contributed by atoms with Gasteiger partial charge in [-0.05, 0) is 24.6 Å². The molecule has 0 spiro atoms. The number of nitriles is 2. The lowest BCUT2D eigenvalue weighted by Crippen LogP contribution is -2.40. The molecule has 1 rings (SSSR count). The SMILES string of the molecule is COC(=O)C(C)(c1ccnc(C(C)=O)c1)C(C#N)C#N. The molecule has 0 aliphatic rings. The summed E-state index contributed by atoms with van der Waals surface area (Å²) in [6, 6.07) is 6.47. The van der Waals surface area contributed by atoms with Crippen LogP contribution in [0.2, 0.25) is 0 Å². The van der Waals surface area contributed by atoms with Gasteiger partial charge < -0.3 is 4.74 Å². The molecule has 0 aromatic carbocycles. The molecule has 0 aliphatic heterocycles. The number of rotatable bonds is 4. The van der Waals surface area contributed by atoms with Crippen LogP contribution in [-0.2, 0) is 14.9 Å². The molecule has 6 nitrogen and oxygen atoms in total. The van der Waals surface area contributed by atoms with E-state index >= 15 is 0 Å². The lowest BCUT2D eigenvalue weighted by Gasteiger charge is -2.27. The molecule has 1 unspecified atom stereocenters. The third kappa shape index (κ3) is 2.50. The van der Waals surface area contributed by atoms with Crippen LogP contribution in [0.4, 0.5) is 0 Å². The molecule has 0 N–H and O–H groups in total. The highest BCUT2D eigenvalue weighted by Crippen LogP contribution is 2.33. The van der Waals surface area contributed by atoms with Crippen LogP contribution in [0.5, 0.6) is 0 Å². The number of hydrogen-bond donors (Lipinski definition) is 0. The first kappa shape index (κ1) is 15.3. The number of esters is 1. The number of pyridine rings is 1. The first-order chi connectivity index (χ1) is 9.41. The Kier molecular flexibility index (Phi) is 4.55. The van der Waals surface area contributed by atoms with Crippen molar-refractivity contribution in [3.05, 3.63) is 29.6 Å². The van der Waals surface area contributed by atoms with Crippen molar-refractivity contribution in [2.45, 2.75) is 19.3 Å². The fourth-order valence-electron chi connectivity index (χ4n) is 1.85. The molecule has 1 heterocycles. The Morgan fingerprint density at radius 3 is 2.45 bits per heavy atom. The molecule has 0 fully saturated rings. The maximum absolute atomic E-state index is 12.0. The van der Waals surface area contributed by atoms with Gasteiger partial charge in [-0.1, -0.05) is 0 Å². The van der Waals surface area contributed by atoms with E-state index in [1.54, 1.807) is 12.1 Å². The van der Waals surface area contributed by atoms with Crippen molar-refractivity contribution < 1.29 is 14.3 Å². The zero-order valence-corrected chi connectivity index (χ0v) is 11.4. The number of methoxy groups -OCH3 is 1. The van der Waals surface area contributed by atoms with E-state index in [2.05, 4.69) is 4.98 Å². The van der Waals surface area contributed by atoms with Crippen LogP contribution in [0.15, 0.2) is 18.3 Å². The minimum Gasteiger partial charge on any atom is -0.468 e. The molecule has 0 aliphatic carbocycles.